The van der Waals surface area contributed by atoms with E-state index < -0.39 is 5.54 Å². The van der Waals surface area contributed by atoms with Crippen LogP contribution < -0.4 is 11.1 Å². The van der Waals surface area contributed by atoms with Crippen molar-refractivity contribution in [1.82, 2.24) is 5.32 Å². The molecule has 19 heavy (non-hydrogen) atoms. The average Bonchev–Trinajstić information content (AvgIpc) is 2.82. The fourth-order valence-corrected chi connectivity index (χ4v) is 3.00. The third-order valence-electron chi connectivity index (χ3n) is 3.62. The first-order valence-corrected chi connectivity index (χ1v) is 7.16. The molecule has 1 aliphatic rings. The minimum Gasteiger partial charge on any atom is -0.391 e. The van der Waals surface area contributed by atoms with Crippen molar-refractivity contribution in [3.8, 4) is 0 Å². The molecule has 102 valence electrons. The summed E-state index contributed by atoms with van der Waals surface area (Å²) in [5.41, 5.74) is 6.12. The van der Waals surface area contributed by atoms with Crippen molar-refractivity contribution in [3.05, 3.63) is 34.9 Å². The van der Waals surface area contributed by atoms with Crippen LogP contribution in [-0.4, -0.2) is 16.4 Å². The topological polar surface area (TPSA) is 55.1 Å². The molecule has 2 rings (SSSR count). The molecule has 3 N–H and O–H groups in total. The van der Waals surface area contributed by atoms with Gasteiger partial charge >= 0.3 is 0 Å². The molecule has 0 heterocycles. The third-order valence-corrected chi connectivity index (χ3v) is 4.38. The molecule has 0 unspecified atom stereocenters. The molecular weight excluding hydrogens is 280 g/mol. The number of nitrogens with one attached hydrogen (secondary N) is 1. The molecule has 1 saturated carbocycles. The van der Waals surface area contributed by atoms with Crippen molar-refractivity contribution >= 4 is 34.7 Å². The van der Waals surface area contributed by atoms with Crippen LogP contribution >= 0.6 is 23.8 Å². The Bertz CT molecular complexity index is 498. The summed E-state index contributed by atoms with van der Waals surface area (Å²) < 4.78 is 0. The van der Waals surface area contributed by atoms with Crippen LogP contribution in [-0.2, 0) is 11.2 Å². The Balaban J connectivity index is 2.05. The van der Waals surface area contributed by atoms with Crippen LogP contribution in [0.25, 0.3) is 0 Å². The van der Waals surface area contributed by atoms with E-state index in [4.69, 9.17) is 29.6 Å². The molecule has 1 aromatic rings. The SMILES string of the molecule is NC(=S)C1(NC(=O)Cc2ccccc2Cl)CCCC1. The predicted octanol–water partition coefficient (Wildman–Crippen LogP) is 2.60. The molecule has 0 bridgehead atoms. The van der Waals surface area contributed by atoms with Gasteiger partial charge in [-0.25, -0.2) is 0 Å². The molecule has 5 heteroatoms. The maximum Gasteiger partial charge on any atom is 0.225 e. The van der Waals surface area contributed by atoms with Crippen LogP contribution in [0.1, 0.15) is 31.2 Å². The first-order valence-electron chi connectivity index (χ1n) is 6.38. The van der Waals surface area contributed by atoms with Crippen LogP contribution in [0.5, 0.6) is 0 Å². The maximum absolute atomic E-state index is 12.1. The highest BCUT2D eigenvalue weighted by atomic mass is 35.5. The van der Waals surface area contributed by atoms with Crippen molar-refractivity contribution in [2.75, 3.05) is 0 Å². The van der Waals surface area contributed by atoms with E-state index in [1.807, 2.05) is 18.2 Å². The van der Waals surface area contributed by atoms with Gasteiger partial charge in [0.1, 0.15) is 0 Å². The van der Waals surface area contributed by atoms with E-state index in [2.05, 4.69) is 5.32 Å². The molecule has 1 aromatic carbocycles. The second-order valence-electron chi connectivity index (χ2n) is 4.97. The molecule has 0 aromatic heterocycles. The minimum absolute atomic E-state index is 0.0807. The summed E-state index contributed by atoms with van der Waals surface area (Å²) in [6, 6.07) is 7.34. The van der Waals surface area contributed by atoms with Gasteiger partial charge in [-0.05, 0) is 24.5 Å². The predicted molar refractivity (Wildman–Crippen MR) is 81.3 cm³/mol. The second kappa shape index (κ2) is 5.88. The van der Waals surface area contributed by atoms with Crippen LogP contribution in [0.4, 0.5) is 0 Å². The molecule has 0 radical (unpaired) electrons. The highest BCUT2D eigenvalue weighted by molar-refractivity contribution is 7.80. The molecule has 1 fully saturated rings. The molecular formula is C14H17ClN2OS. The molecule has 0 spiro atoms. The van der Waals surface area contributed by atoms with Crippen molar-refractivity contribution in [2.45, 2.75) is 37.6 Å². The molecule has 3 nitrogen and oxygen atoms in total. The molecule has 0 saturated heterocycles. The van der Waals surface area contributed by atoms with E-state index in [0.717, 1.165) is 31.2 Å². The maximum atomic E-state index is 12.1. The van der Waals surface area contributed by atoms with Gasteiger partial charge in [-0.2, -0.15) is 0 Å². The van der Waals surface area contributed by atoms with Crippen LogP contribution in [0.2, 0.25) is 5.02 Å². The number of carbonyl (C=O) groups excluding carboxylic acids is 1. The first kappa shape index (κ1) is 14.3. The summed E-state index contributed by atoms with van der Waals surface area (Å²) in [6.45, 7) is 0. The van der Waals surface area contributed by atoms with Gasteiger partial charge in [-0.3, -0.25) is 4.79 Å². The summed E-state index contributed by atoms with van der Waals surface area (Å²) in [4.78, 5) is 12.5. The number of thiocarbonyl (C=S) groups is 1. The lowest BCUT2D eigenvalue weighted by atomic mass is 9.97. The quantitative estimate of drug-likeness (QED) is 0.840. The minimum atomic E-state index is -0.492. The summed E-state index contributed by atoms with van der Waals surface area (Å²) in [5, 5.41) is 3.61. The lowest BCUT2D eigenvalue weighted by Gasteiger charge is -2.29. The number of amides is 1. The zero-order valence-corrected chi connectivity index (χ0v) is 12.2. The number of nitrogens with two attached hydrogens (primary N) is 1. The van der Waals surface area contributed by atoms with Gasteiger partial charge in [0.15, 0.2) is 0 Å². The number of carbonyl (C=O) groups is 1. The van der Waals surface area contributed by atoms with Gasteiger partial charge in [0, 0.05) is 5.02 Å². The third kappa shape index (κ3) is 3.25. The summed E-state index contributed by atoms with van der Waals surface area (Å²) in [5.74, 6) is -0.0807. The van der Waals surface area contributed by atoms with E-state index >= 15 is 0 Å². The van der Waals surface area contributed by atoms with Crippen molar-refractivity contribution in [3.63, 3.8) is 0 Å². The van der Waals surface area contributed by atoms with E-state index in [1.54, 1.807) is 6.07 Å². The fraction of sp³-hybridized carbons (Fsp3) is 0.429. The van der Waals surface area contributed by atoms with Crippen LogP contribution in [0.3, 0.4) is 0 Å². The smallest absolute Gasteiger partial charge is 0.225 e. The summed E-state index contributed by atoms with van der Waals surface area (Å²) >= 11 is 11.2. The zero-order valence-electron chi connectivity index (χ0n) is 10.6. The van der Waals surface area contributed by atoms with Crippen molar-refractivity contribution in [2.24, 2.45) is 5.73 Å². The standard InChI is InChI=1S/C14H17ClN2OS/c15-11-6-2-1-5-10(11)9-12(18)17-14(13(16)19)7-3-4-8-14/h1-2,5-6H,3-4,7-9H2,(H2,16,19)(H,17,18). The fourth-order valence-electron chi connectivity index (χ4n) is 2.54. The Morgan fingerprint density at radius 3 is 2.58 bits per heavy atom. The van der Waals surface area contributed by atoms with Gasteiger partial charge in [-0.15, -0.1) is 0 Å². The first-order chi connectivity index (χ1) is 9.03. The Morgan fingerprint density at radius 2 is 2.00 bits per heavy atom. The highest BCUT2D eigenvalue weighted by Crippen LogP contribution is 2.30. The number of hydrogen-bond acceptors (Lipinski definition) is 2. The van der Waals surface area contributed by atoms with Crippen molar-refractivity contribution < 1.29 is 4.79 Å². The van der Waals surface area contributed by atoms with Gasteiger partial charge in [-0.1, -0.05) is 54.9 Å². The van der Waals surface area contributed by atoms with Crippen molar-refractivity contribution in [1.29, 1.82) is 0 Å². The molecule has 1 aliphatic carbocycles. The Morgan fingerprint density at radius 1 is 1.37 bits per heavy atom. The average molecular weight is 297 g/mol. The number of rotatable bonds is 4. The Labute approximate surface area is 123 Å². The van der Waals surface area contributed by atoms with Gasteiger partial charge in [0.05, 0.1) is 16.9 Å². The monoisotopic (exact) mass is 296 g/mol. The van der Waals surface area contributed by atoms with E-state index in [-0.39, 0.29) is 12.3 Å². The Hall–Kier alpha value is -1.13. The number of hydrogen-bond donors (Lipinski definition) is 2. The number of halogens is 1. The number of benzene rings is 1. The van der Waals surface area contributed by atoms with E-state index in [0.29, 0.717) is 10.0 Å². The van der Waals surface area contributed by atoms with Crippen LogP contribution in [0.15, 0.2) is 24.3 Å². The van der Waals surface area contributed by atoms with Gasteiger partial charge < -0.3 is 11.1 Å². The summed E-state index contributed by atoms with van der Waals surface area (Å²) in [6.07, 6.45) is 4.00. The van der Waals surface area contributed by atoms with E-state index in [1.165, 1.54) is 0 Å². The van der Waals surface area contributed by atoms with Crippen LogP contribution in [0, 0.1) is 0 Å². The normalized spacial score (nSPS) is 17.1. The zero-order chi connectivity index (χ0) is 13.9. The second-order valence-corrected chi connectivity index (χ2v) is 5.82. The largest absolute Gasteiger partial charge is 0.391 e. The highest BCUT2D eigenvalue weighted by Gasteiger charge is 2.38. The summed E-state index contributed by atoms with van der Waals surface area (Å²) in [7, 11) is 0. The molecule has 0 aliphatic heterocycles. The lowest BCUT2D eigenvalue weighted by Crippen LogP contribution is -2.55. The molecule has 0 atom stereocenters. The molecule has 1 amide bonds. The van der Waals surface area contributed by atoms with Gasteiger partial charge in [0.2, 0.25) is 5.91 Å². The lowest BCUT2D eigenvalue weighted by molar-refractivity contribution is -0.121. The Kier molecular flexibility index (Phi) is 4.42. The van der Waals surface area contributed by atoms with E-state index in [9.17, 15) is 4.79 Å². The van der Waals surface area contributed by atoms with Gasteiger partial charge in [0.25, 0.3) is 0 Å².